The lowest BCUT2D eigenvalue weighted by atomic mass is 9.91. The van der Waals surface area contributed by atoms with Crippen LogP contribution in [0.15, 0.2) is 48.7 Å². The highest BCUT2D eigenvalue weighted by Gasteiger charge is 2.20. The van der Waals surface area contributed by atoms with Gasteiger partial charge in [0.1, 0.15) is 0 Å². The molecule has 0 saturated carbocycles. The summed E-state index contributed by atoms with van der Waals surface area (Å²) in [7, 11) is 0. The van der Waals surface area contributed by atoms with Gasteiger partial charge in [-0.25, -0.2) is 0 Å². The van der Waals surface area contributed by atoms with E-state index in [4.69, 9.17) is 0 Å². The van der Waals surface area contributed by atoms with Crippen molar-refractivity contribution in [3.8, 4) is 0 Å². The van der Waals surface area contributed by atoms with Crippen LogP contribution in [0.25, 0.3) is 10.9 Å². The van der Waals surface area contributed by atoms with E-state index in [1.54, 1.807) is 0 Å². The van der Waals surface area contributed by atoms with Gasteiger partial charge in [0.25, 0.3) is 0 Å². The lowest BCUT2D eigenvalue weighted by Gasteiger charge is -2.22. The second-order valence-electron chi connectivity index (χ2n) is 7.19. The maximum atomic E-state index is 3.56. The topological polar surface area (TPSA) is 17.0 Å². The molecule has 2 heterocycles. The number of aromatic nitrogens is 1. The number of fused-ring (bicyclic) bond motifs is 1. The fraction of sp³-hybridized carbons (Fsp3) is 0.364. The highest BCUT2D eigenvalue weighted by Crippen LogP contribution is 2.32. The lowest BCUT2D eigenvalue weighted by molar-refractivity contribution is 0.463. The van der Waals surface area contributed by atoms with Crippen molar-refractivity contribution in [3.63, 3.8) is 0 Å². The normalized spacial score (nSPS) is 18.2. The first-order valence-electron chi connectivity index (χ1n) is 9.07. The van der Waals surface area contributed by atoms with Crippen molar-refractivity contribution in [1.82, 2.24) is 9.88 Å². The van der Waals surface area contributed by atoms with Crippen LogP contribution in [0.3, 0.4) is 0 Å². The number of piperidine rings is 1. The average molecular weight is 318 g/mol. The molecule has 1 saturated heterocycles. The van der Waals surface area contributed by atoms with Gasteiger partial charge in [-0.1, -0.05) is 36.4 Å². The van der Waals surface area contributed by atoms with E-state index in [1.807, 2.05) is 0 Å². The minimum atomic E-state index is 0.643. The molecular weight excluding hydrogens is 292 g/mol. The van der Waals surface area contributed by atoms with Crippen LogP contribution >= 0.6 is 0 Å². The van der Waals surface area contributed by atoms with E-state index in [1.165, 1.54) is 46.0 Å². The van der Waals surface area contributed by atoms with Gasteiger partial charge < -0.3 is 9.88 Å². The summed E-state index contributed by atoms with van der Waals surface area (Å²) in [4.78, 5) is 0. The van der Waals surface area contributed by atoms with E-state index in [-0.39, 0.29) is 0 Å². The third kappa shape index (κ3) is 2.87. The van der Waals surface area contributed by atoms with Crippen molar-refractivity contribution in [2.75, 3.05) is 13.1 Å². The maximum absolute atomic E-state index is 3.56. The van der Waals surface area contributed by atoms with E-state index in [9.17, 15) is 0 Å². The standard InChI is InChI=1S/C22H26N2/c1-16-9-10-18(12-17(16)2)14-24-15-21(19-6-5-11-23-13-19)20-7-3-4-8-22(20)24/h3-4,7-10,12,15,19,23H,5-6,11,13-14H2,1-2H3. The number of benzene rings is 2. The van der Waals surface area contributed by atoms with Gasteiger partial charge in [-0.05, 0) is 67.5 Å². The lowest BCUT2D eigenvalue weighted by Crippen LogP contribution is -2.28. The molecule has 2 heteroatoms. The van der Waals surface area contributed by atoms with Crippen LogP contribution in [0.1, 0.15) is 41.0 Å². The molecule has 0 bridgehead atoms. The molecule has 0 aliphatic carbocycles. The molecule has 0 radical (unpaired) electrons. The predicted molar refractivity (Wildman–Crippen MR) is 102 cm³/mol. The summed E-state index contributed by atoms with van der Waals surface area (Å²) in [6, 6.07) is 15.7. The number of hydrogen-bond acceptors (Lipinski definition) is 1. The first-order valence-corrected chi connectivity index (χ1v) is 9.07. The fourth-order valence-corrected chi connectivity index (χ4v) is 3.95. The molecular formula is C22H26N2. The molecule has 1 aliphatic heterocycles. The summed E-state index contributed by atoms with van der Waals surface area (Å²) in [6.45, 7) is 7.60. The Labute approximate surface area is 144 Å². The van der Waals surface area contributed by atoms with Gasteiger partial charge in [0.15, 0.2) is 0 Å². The van der Waals surface area contributed by atoms with E-state index < -0.39 is 0 Å². The van der Waals surface area contributed by atoms with Gasteiger partial charge in [0.05, 0.1) is 0 Å². The SMILES string of the molecule is Cc1ccc(Cn2cc(C3CCCNC3)c3ccccc32)cc1C. The second kappa shape index (κ2) is 6.45. The molecule has 3 aromatic rings. The Morgan fingerprint density at radius 3 is 2.75 bits per heavy atom. The number of nitrogens with zero attached hydrogens (tertiary/aromatic N) is 1. The molecule has 2 aromatic carbocycles. The molecule has 2 nitrogen and oxygen atoms in total. The minimum absolute atomic E-state index is 0.643. The Morgan fingerprint density at radius 2 is 1.96 bits per heavy atom. The van der Waals surface area contributed by atoms with Gasteiger partial charge in [0, 0.05) is 30.2 Å². The Balaban J connectivity index is 1.73. The molecule has 1 atom stereocenters. The van der Waals surface area contributed by atoms with E-state index >= 15 is 0 Å². The van der Waals surface area contributed by atoms with Gasteiger partial charge in [-0.15, -0.1) is 0 Å². The molecule has 0 spiro atoms. The predicted octanol–water partition coefficient (Wildman–Crippen LogP) is 4.77. The highest BCUT2D eigenvalue weighted by molar-refractivity contribution is 5.84. The van der Waals surface area contributed by atoms with Crippen molar-refractivity contribution in [2.45, 2.75) is 39.2 Å². The van der Waals surface area contributed by atoms with Crippen LogP contribution in [0.4, 0.5) is 0 Å². The fourth-order valence-electron chi connectivity index (χ4n) is 3.95. The molecule has 124 valence electrons. The zero-order valence-electron chi connectivity index (χ0n) is 14.7. The smallest absolute Gasteiger partial charge is 0.0486 e. The molecule has 1 aromatic heterocycles. The highest BCUT2D eigenvalue weighted by atomic mass is 15.0. The number of rotatable bonds is 3. The van der Waals surface area contributed by atoms with Crippen LogP contribution in [-0.2, 0) is 6.54 Å². The molecule has 0 amide bonds. The molecule has 4 rings (SSSR count). The Bertz CT molecular complexity index is 854. The number of hydrogen-bond donors (Lipinski definition) is 1. The summed E-state index contributed by atoms with van der Waals surface area (Å²) in [5.41, 5.74) is 7.00. The first kappa shape index (κ1) is 15.5. The molecule has 1 aliphatic rings. The quantitative estimate of drug-likeness (QED) is 0.736. The zero-order valence-corrected chi connectivity index (χ0v) is 14.7. The molecule has 1 N–H and O–H groups in total. The van der Waals surface area contributed by atoms with Crippen molar-refractivity contribution >= 4 is 10.9 Å². The van der Waals surface area contributed by atoms with Crippen LogP contribution in [0, 0.1) is 13.8 Å². The van der Waals surface area contributed by atoms with Crippen molar-refractivity contribution in [3.05, 3.63) is 70.9 Å². The first-order chi connectivity index (χ1) is 11.7. The second-order valence-corrected chi connectivity index (χ2v) is 7.19. The third-order valence-electron chi connectivity index (χ3n) is 5.48. The summed E-state index contributed by atoms with van der Waals surface area (Å²) in [5, 5.41) is 4.99. The van der Waals surface area contributed by atoms with Crippen LogP contribution in [0.2, 0.25) is 0 Å². The van der Waals surface area contributed by atoms with Gasteiger partial charge in [-0.2, -0.15) is 0 Å². The molecule has 1 fully saturated rings. The largest absolute Gasteiger partial charge is 0.343 e. The van der Waals surface area contributed by atoms with Crippen LogP contribution < -0.4 is 5.32 Å². The Morgan fingerprint density at radius 1 is 1.08 bits per heavy atom. The molecule has 24 heavy (non-hydrogen) atoms. The van der Waals surface area contributed by atoms with E-state index in [2.05, 4.69) is 72.4 Å². The number of aryl methyl sites for hydroxylation is 2. The van der Waals surface area contributed by atoms with Gasteiger partial charge in [0.2, 0.25) is 0 Å². The average Bonchev–Trinajstić information content (AvgIpc) is 2.98. The third-order valence-corrected chi connectivity index (χ3v) is 5.48. The monoisotopic (exact) mass is 318 g/mol. The van der Waals surface area contributed by atoms with Crippen molar-refractivity contribution < 1.29 is 0 Å². The van der Waals surface area contributed by atoms with E-state index in [0.29, 0.717) is 5.92 Å². The number of nitrogens with one attached hydrogen (secondary N) is 1. The molecule has 1 unspecified atom stereocenters. The van der Waals surface area contributed by atoms with Gasteiger partial charge in [-0.3, -0.25) is 0 Å². The van der Waals surface area contributed by atoms with Crippen molar-refractivity contribution in [2.24, 2.45) is 0 Å². The van der Waals surface area contributed by atoms with Gasteiger partial charge >= 0.3 is 0 Å². The maximum Gasteiger partial charge on any atom is 0.0486 e. The Hall–Kier alpha value is -2.06. The summed E-state index contributed by atoms with van der Waals surface area (Å²) in [5.74, 6) is 0.643. The van der Waals surface area contributed by atoms with Crippen LogP contribution in [0.5, 0.6) is 0 Å². The van der Waals surface area contributed by atoms with E-state index in [0.717, 1.165) is 19.6 Å². The summed E-state index contributed by atoms with van der Waals surface area (Å²) in [6.07, 6.45) is 4.98. The Kier molecular flexibility index (Phi) is 4.15. The minimum Gasteiger partial charge on any atom is -0.343 e. The van der Waals surface area contributed by atoms with Crippen LogP contribution in [-0.4, -0.2) is 17.7 Å². The summed E-state index contributed by atoms with van der Waals surface area (Å²) < 4.78 is 2.43. The summed E-state index contributed by atoms with van der Waals surface area (Å²) >= 11 is 0. The zero-order chi connectivity index (χ0) is 16.5. The number of para-hydroxylation sites is 1. The van der Waals surface area contributed by atoms with Crippen molar-refractivity contribution in [1.29, 1.82) is 0 Å².